The molecule has 4 rings (SSSR count). The van der Waals surface area contributed by atoms with E-state index >= 15 is 0 Å². The first kappa shape index (κ1) is 20.4. The molecule has 1 aromatic carbocycles. The number of halogens is 1. The van der Waals surface area contributed by atoms with Crippen molar-refractivity contribution in [2.45, 2.75) is 20.4 Å². The molecule has 2 N–H and O–H groups in total. The lowest BCUT2D eigenvalue weighted by molar-refractivity contribution is -0.142. The van der Waals surface area contributed by atoms with Gasteiger partial charge in [0.25, 0.3) is 5.91 Å². The average molecular weight is 421 g/mol. The van der Waals surface area contributed by atoms with Crippen LogP contribution in [0.3, 0.4) is 0 Å². The van der Waals surface area contributed by atoms with Gasteiger partial charge in [0.2, 0.25) is 5.91 Å². The highest BCUT2D eigenvalue weighted by Crippen LogP contribution is 2.34. The predicted molar refractivity (Wildman–Crippen MR) is 108 cm³/mol. The largest absolute Gasteiger partial charge is 0.491 e. The molecule has 2 aliphatic heterocycles. The van der Waals surface area contributed by atoms with Gasteiger partial charge in [0, 0.05) is 25.4 Å². The zero-order valence-electron chi connectivity index (χ0n) is 17.1. The first-order chi connectivity index (χ1) is 14.7. The van der Waals surface area contributed by atoms with Crippen LogP contribution in [0.1, 0.15) is 29.9 Å². The van der Waals surface area contributed by atoms with E-state index in [2.05, 4.69) is 22.9 Å². The molecular weight excluding hydrogens is 401 g/mol. The monoisotopic (exact) mass is 421 g/mol. The number of imidazole rings is 1. The minimum absolute atomic E-state index is 0.0822. The number of hydrogen-bond donors (Lipinski definition) is 1. The smallest absolute Gasteiger partial charge is 0.268 e. The number of ether oxygens (including phenoxy) is 1. The maximum absolute atomic E-state index is 14.7. The van der Waals surface area contributed by atoms with E-state index < -0.39 is 17.1 Å². The molecule has 9 heteroatoms. The number of likely N-dealkylation sites (tertiary alicyclic amines) is 1. The molecule has 0 radical (unpaired) electrons. The SMILES string of the molecule is CC(C)(C#Cc1cc2c(cc1F)OCCn1cc(C(N)=O)nc1-2)C(=O)N1CC(C#N)C1. The van der Waals surface area contributed by atoms with Gasteiger partial charge in [-0.05, 0) is 19.9 Å². The van der Waals surface area contributed by atoms with Crippen molar-refractivity contribution in [3.63, 3.8) is 0 Å². The van der Waals surface area contributed by atoms with Crippen molar-refractivity contribution in [1.82, 2.24) is 14.5 Å². The minimum atomic E-state index is -1.05. The Morgan fingerprint density at radius 3 is 2.77 bits per heavy atom. The van der Waals surface area contributed by atoms with Gasteiger partial charge >= 0.3 is 0 Å². The molecule has 0 unspecified atom stereocenters. The highest BCUT2D eigenvalue weighted by atomic mass is 19.1. The lowest BCUT2D eigenvalue weighted by Gasteiger charge is -2.38. The standard InChI is InChI=1S/C22H20FN5O3/c1-22(2,21(30)28-10-13(9-24)11-28)4-3-14-7-15-18(8-16(14)23)31-6-5-27-12-17(19(25)29)26-20(15)27/h7-8,12-13H,5-6,10-11H2,1-2H3,(H2,25,29). The number of primary amides is 1. The van der Waals surface area contributed by atoms with Gasteiger partial charge < -0.3 is 19.9 Å². The second-order valence-electron chi connectivity index (χ2n) is 8.10. The Kier molecular flexibility index (Phi) is 4.90. The minimum Gasteiger partial charge on any atom is -0.491 e. The van der Waals surface area contributed by atoms with Gasteiger partial charge in [0.15, 0.2) is 0 Å². The maximum Gasteiger partial charge on any atom is 0.268 e. The molecule has 2 aromatic rings. The number of nitriles is 1. The van der Waals surface area contributed by atoms with Crippen LogP contribution in [0.15, 0.2) is 18.3 Å². The molecular formula is C22H20FN5O3. The first-order valence-corrected chi connectivity index (χ1v) is 9.75. The van der Waals surface area contributed by atoms with Crippen LogP contribution >= 0.6 is 0 Å². The van der Waals surface area contributed by atoms with Crippen LogP contribution in [0.4, 0.5) is 4.39 Å². The second kappa shape index (κ2) is 7.44. The highest BCUT2D eigenvalue weighted by Gasteiger charge is 2.38. The predicted octanol–water partition coefficient (Wildman–Crippen LogP) is 1.54. The zero-order chi connectivity index (χ0) is 22.3. The van der Waals surface area contributed by atoms with Crippen LogP contribution in [0.25, 0.3) is 11.4 Å². The van der Waals surface area contributed by atoms with Crippen molar-refractivity contribution in [3.8, 4) is 35.0 Å². The third-order valence-corrected chi connectivity index (χ3v) is 5.32. The number of carbonyl (C=O) groups excluding carboxylic acids is 2. The number of amides is 2. The fourth-order valence-corrected chi connectivity index (χ4v) is 3.52. The van der Waals surface area contributed by atoms with E-state index in [4.69, 9.17) is 15.7 Å². The van der Waals surface area contributed by atoms with Crippen LogP contribution in [0, 0.1) is 40.3 Å². The quantitative estimate of drug-likeness (QED) is 0.739. The molecule has 31 heavy (non-hydrogen) atoms. The first-order valence-electron chi connectivity index (χ1n) is 9.75. The molecule has 0 bridgehead atoms. The summed E-state index contributed by atoms with van der Waals surface area (Å²) in [6.45, 7) is 4.80. The summed E-state index contributed by atoms with van der Waals surface area (Å²) in [6.07, 6.45) is 1.54. The Morgan fingerprint density at radius 2 is 2.10 bits per heavy atom. The number of nitrogens with two attached hydrogens (primary N) is 1. The molecule has 3 heterocycles. The van der Waals surface area contributed by atoms with Gasteiger partial charge in [-0.1, -0.05) is 11.8 Å². The van der Waals surface area contributed by atoms with Crippen LogP contribution in [-0.4, -0.2) is 46.0 Å². The Morgan fingerprint density at radius 1 is 1.35 bits per heavy atom. The molecule has 1 aromatic heterocycles. The third-order valence-electron chi connectivity index (χ3n) is 5.32. The molecule has 2 amide bonds. The average Bonchev–Trinajstić information content (AvgIpc) is 3.04. The van der Waals surface area contributed by atoms with E-state index in [1.807, 2.05) is 0 Å². The molecule has 158 valence electrons. The molecule has 1 fully saturated rings. The highest BCUT2D eigenvalue weighted by molar-refractivity contribution is 5.91. The normalized spacial score (nSPS) is 15.2. The van der Waals surface area contributed by atoms with Crippen LogP contribution < -0.4 is 10.5 Å². The van der Waals surface area contributed by atoms with Crippen molar-refractivity contribution in [3.05, 3.63) is 35.4 Å². The van der Waals surface area contributed by atoms with Gasteiger partial charge in [-0.3, -0.25) is 9.59 Å². The summed E-state index contributed by atoms with van der Waals surface area (Å²) in [7, 11) is 0. The van der Waals surface area contributed by atoms with E-state index in [1.165, 1.54) is 18.3 Å². The summed E-state index contributed by atoms with van der Waals surface area (Å²) in [4.78, 5) is 30.0. The maximum atomic E-state index is 14.7. The Labute approximate surface area is 178 Å². The van der Waals surface area contributed by atoms with E-state index in [0.29, 0.717) is 36.8 Å². The number of rotatable bonds is 2. The molecule has 1 saturated heterocycles. The summed E-state index contributed by atoms with van der Waals surface area (Å²) in [5.41, 5.74) is 4.97. The number of nitrogens with zero attached hydrogens (tertiary/aromatic N) is 4. The Bertz CT molecular complexity index is 1190. The van der Waals surface area contributed by atoms with Gasteiger partial charge in [0.1, 0.15) is 35.1 Å². The van der Waals surface area contributed by atoms with Crippen molar-refractivity contribution in [2.75, 3.05) is 19.7 Å². The molecule has 2 aliphatic rings. The van der Waals surface area contributed by atoms with Crippen LogP contribution in [-0.2, 0) is 11.3 Å². The number of aromatic nitrogens is 2. The van der Waals surface area contributed by atoms with Crippen molar-refractivity contribution in [2.24, 2.45) is 17.1 Å². The number of benzene rings is 1. The van der Waals surface area contributed by atoms with Crippen LogP contribution in [0.5, 0.6) is 5.75 Å². The Hall–Kier alpha value is -3.85. The summed E-state index contributed by atoms with van der Waals surface area (Å²) in [5, 5.41) is 8.89. The second-order valence-corrected chi connectivity index (χ2v) is 8.10. The Balaban J connectivity index is 1.68. The molecule has 0 spiro atoms. The lowest BCUT2D eigenvalue weighted by Crippen LogP contribution is -2.53. The van der Waals surface area contributed by atoms with E-state index in [-0.39, 0.29) is 29.7 Å². The fourth-order valence-electron chi connectivity index (χ4n) is 3.52. The van der Waals surface area contributed by atoms with E-state index in [1.54, 1.807) is 23.3 Å². The van der Waals surface area contributed by atoms with Gasteiger partial charge in [0.05, 0.1) is 29.7 Å². The molecule has 0 saturated carbocycles. The number of fused-ring (bicyclic) bond motifs is 3. The molecule has 0 aliphatic carbocycles. The fraction of sp³-hybridized carbons (Fsp3) is 0.364. The summed E-state index contributed by atoms with van der Waals surface area (Å²) >= 11 is 0. The molecule has 0 atom stereocenters. The summed E-state index contributed by atoms with van der Waals surface area (Å²) < 4.78 is 22.1. The van der Waals surface area contributed by atoms with Gasteiger partial charge in [-0.15, -0.1) is 0 Å². The van der Waals surface area contributed by atoms with Gasteiger partial charge in [-0.25, -0.2) is 9.37 Å². The zero-order valence-corrected chi connectivity index (χ0v) is 17.1. The topological polar surface area (TPSA) is 114 Å². The van der Waals surface area contributed by atoms with Gasteiger partial charge in [-0.2, -0.15) is 5.26 Å². The van der Waals surface area contributed by atoms with E-state index in [0.717, 1.165) is 0 Å². The van der Waals surface area contributed by atoms with E-state index in [9.17, 15) is 14.0 Å². The molecule has 8 nitrogen and oxygen atoms in total. The summed E-state index contributed by atoms with van der Waals surface area (Å²) in [6, 6.07) is 4.86. The van der Waals surface area contributed by atoms with Crippen molar-refractivity contribution < 1.29 is 18.7 Å². The number of hydrogen-bond acceptors (Lipinski definition) is 5. The van der Waals surface area contributed by atoms with Crippen LogP contribution in [0.2, 0.25) is 0 Å². The third kappa shape index (κ3) is 3.71. The number of carbonyl (C=O) groups is 2. The van der Waals surface area contributed by atoms with Crippen molar-refractivity contribution in [1.29, 1.82) is 5.26 Å². The summed E-state index contributed by atoms with van der Waals surface area (Å²) in [5.74, 6) is 4.77. The van der Waals surface area contributed by atoms with Crippen molar-refractivity contribution >= 4 is 11.8 Å². The lowest BCUT2D eigenvalue weighted by atomic mass is 9.88.